The van der Waals surface area contributed by atoms with Gasteiger partial charge < -0.3 is 4.90 Å². The summed E-state index contributed by atoms with van der Waals surface area (Å²) in [7, 11) is 1.79. The van der Waals surface area contributed by atoms with E-state index in [1.165, 1.54) is 0 Å². The van der Waals surface area contributed by atoms with Crippen molar-refractivity contribution in [3.8, 4) is 0 Å². The molecule has 0 saturated heterocycles. The van der Waals surface area contributed by atoms with E-state index in [0.717, 1.165) is 40.5 Å². The van der Waals surface area contributed by atoms with Crippen LogP contribution in [0.1, 0.15) is 44.5 Å². The van der Waals surface area contributed by atoms with Gasteiger partial charge in [-0.3, -0.25) is 19.7 Å². The Morgan fingerprint density at radius 1 is 1.15 bits per heavy atom. The van der Waals surface area contributed by atoms with Gasteiger partial charge in [0, 0.05) is 25.0 Å². The molecule has 0 spiro atoms. The summed E-state index contributed by atoms with van der Waals surface area (Å²) in [6, 6.07) is 3.82. The van der Waals surface area contributed by atoms with E-state index >= 15 is 0 Å². The average molecular weight is 355 g/mol. The van der Waals surface area contributed by atoms with Gasteiger partial charge in [0.25, 0.3) is 5.91 Å². The molecule has 0 bridgehead atoms. The van der Waals surface area contributed by atoms with Gasteiger partial charge in [-0.2, -0.15) is 15.3 Å². The molecule has 8 nitrogen and oxygen atoms in total. The zero-order valence-electron chi connectivity index (χ0n) is 15.9. The zero-order valence-corrected chi connectivity index (χ0v) is 15.9. The lowest BCUT2D eigenvalue weighted by Crippen LogP contribution is -2.29. The lowest BCUT2D eigenvalue weighted by atomic mass is 10.1. The van der Waals surface area contributed by atoms with E-state index in [2.05, 4.69) is 25.5 Å². The smallest absolute Gasteiger partial charge is 0.274 e. The van der Waals surface area contributed by atoms with Gasteiger partial charge >= 0.3 is 0 Å². The fourth-order valence-electron chi connectivity index (χ4n) is 3.07. The average Bonchev–Trinajstić information content (AvgIpc) is 3.26. The molecule has 3 aromatic heterocycles. The number of hydrogen-bond acceptors (Lipinski definition) is 4. The third-order valence-electron chi connectivity index (χ3n) is 4.60. The quantitative estimate of drug-likeness (QED) is 0.706. The topological polar surface area (TPSA) is 95.5 Å². The molecule has 8 heteroatoms. The van der Waals surface area contributed by atoms with Crippen LogP contribution in [-0.4, -0.2) is 54.6 Å². The summed E-state index contributed by atoms with van der Waals surface area (Å²) in [5, 5.41) is 18.7. The van der Waals surface area contributed by atoms with Gasteiger partial charge in [-0.05, 0) is 51.8 Å². The van der Waals surface area contributed by atoms with E-state index in [1.54, 1.807) is 18.0 Å². The number of H-pyrrole nitrogens is 2. The number of nitrogens with zero attached hydrogens (tertiary/aromatic N) is 5. The van der Waals surface area contributed by atoms with E-state index < -0.39 is 0 Å². The number of amides is 1. The molecule has 0 aliphatic heterocycles. The van der Waals surface area contributed by atoms with Crippen molar-refractivity contribution in [3.05, 3.63) is 51.9 Å². The highest BCUT2D eigenvalue weighted by atomic mass is 16.2. The first-order valence-corrected chi connectivity index (χ1v) is 8.66. The highest BCUT2D eigenvalue weighted by molar-refractivity contribution is 5.92. The second kappa shape index (κ2) is 7.15. The SMILES string of the molecule is Cc1cc(C)n(Cc2cc(C(=O)N(C)CCc3c(C)n[nH]c3C)n[nH]2)n1. The van der Waals surface area contributed by atoms with Crippen molar-refractivity contribution in [2.45, 2.75) is 40.7 Å². The Balaban J connectivity index is 1.62. The minimum Gasteiger partial charge on any atom is -0.340 e. The largest absolute Gasteiger partial charge is 0.340 e. The molecule has 0 aliphatic rings. The maximum atomic E-state index is 12.6. The minimum atomic E-state index is -0.0975. The number of hydrogen-bond donors (Lipinski definition) is 2. The number of nitrogens with one attached hydrogen (secondary N) is 2. The van der Waals surface area contributed by atoms with Crippen molar-refractivity contribution in [3.63, 3.8) is 0 Å². The first kappa shape index (κ1) is 17.9. The van der Waals surface area contributed by atoms with Gasteiger partial charge in [0.15, 0.2) is 0 Å². The lowest BCUT2D eigenvalue weighted by molar-refractivity contribution is 0.0790. The fraction of sp³-hybridized carbons (Fsp3) is 0.444. The fourth-order valence-corrected chi connectivity index (χ4v) is 3.07. The number of aromatic nitrogens is 6. The molecule has 1 amide bonds. The molecule has 3 aromatic rings. The molecular formula is C18H25N7O. The third-order valence-corrected chi connectivity index (χ3v) is 4.60. The van der Waals surface area contributed by atoms with Gasteiger partial charge in [-0.1, -0.05) is 0 Å². The summed E-state index contributed by atoms with van der Waals surface area (Å²) in [4.78, 5) is 14.3. The Labute approximate surface area is 152 Å². The zero-order chi connectivity index (χ0) is 18.8. The number of carbonyl (C=O) groups excluding carboxylic acids is 1. The van der Waals surface area contributed by atoms with Crippen LogP contribution in [0.2, 0.25) is 0 Å². The van der Waals surface area contributed by atoms with Gasteiger partial charge in [-0.15, -0.1) is 0 Å². The molecule has 0 unspecified atom stereocenters. The van der Waals surface area contributed by atoms with Gasteiger partial charge in [-0.25, -0.2) is 0 Å². The minimum absolute atomic E-state index is 0.0975. The van der Waals surface area contributed by atoms with Crippen LogP contribution in [0.15, 0.2) is 12.1 Å². The van der Waals surface area contributed by atoms with E-state index in [9.17, 15) is 4.79 Å². The van der Waals surface area contributed by atoms with Crippen molar-refractivity contribution in [1.82, 2.24) is 35.1 Å². The van der Waals surface area contributed by atoms with Crippen molar-refractivity contribution in [2.24, 2.45) is 0 Å². The molecule has 0 fully saturated rings. The molecule has 2 N–H and O–H groups in total. The molecular weight excluding hydrogens is 330 g/mol. The predicted octanol–water partition coefficient (Wildman–Crippen LogP) is 1.93. The van der Waals surface area contributed by atoms with E-state index in [-0.39, 0.29) is 5.91 Å². The van der Waals surface area contributed by atoms with Crippen LogP contribution >= 0.6 is 0 Å². The van der Waals surface area contributed by atoms with Crippen molar-refractivity contribution >= 4 is 5.91 Å². The monoisotopic (exact) mass is 355 g/mol. The van der Waals surface area contributed by atoms with Crippen molar-refractivity contribution in [2.75, 3.05) is 13.6 Å². The number of aryl methyl sites for hydroxylation is 4. The maximum Gasteiger partial charge on any atom is 0.274 e. The highest BCUT2D eigenvalue weighted by Gasteiger charge is 2.17. The summed E-state index contributed by atoms with van der Waals surface area (Å²) >= 11 is 0. The van der Waals surface area contributed by atoms with E-state index in [0.29, 0.717) is 18.8 Å². The summed E-state index contributed by atoms with van der Waals surface area (Å²) in [5.74, 6) is -0.0975. The van der Waals surface area contributed by atoms with Crippen LogP contribution in [0, 0.1) is 27.7 Å². The van der Waals surface area contributed by atoms with Crippen LogP contribution < -0.4 is 0 Å². The Hall–Kier alpha value is -2.90. The number of carbonyl (C=O) groups is 1. The standard InChI is InChI=1S/C18H25N7O/c1-11-8-12(2)25(23-11)10-15-9-17(22-21-15)18(26)24(5)7-6-16-13(3)19-20-14(16)4/h8-9H,6-7,10H2,1-5H3,(H,19,20)(H,21,22). The predicted molar refractivity (Wildman–Crippen MR) is 98.1 cm³/mol. The third kappa shape index (κ3) is 3.68. The van der Waals surface area contributed by atoms with Crippen LogP contribution in [-0.2, 0) is 13.0 Å². The van der Waals surface area contributed by atoms with Crippen molar-refractivity contribution < 1.29 is 4.79 Å². The summed E-state index contributed by atoms with van der Waals surface area (Å²) in [5.41, 5.74) is 6.53. The molecule has 0 aliphatic carbocycles. The molecule has 0 atom stereocenters. The first-order chi connectivity index (χ1) is 12.3. The summed E-state index contributed by atoms with van der Waals surface area (Å²) in [6.07, 6.45) is 0.763. The van der Waals surface area contributed by atoms with Gasteiger partial charge in [0.1, 0.15) is 5.69 Å². The molecule has 0 radical (unpaired) electrons. The molecule has 138 valence electrons. The van der Waals surface area contributed by atoms with E-state index in [4.69, 9.17) is 0 Å². The number of likely N-dealkylation sites (N-methyl/N-ethyl adjacent to an activating group) is 1. The first-order valence-electron chi connectivity index (χ1n) is 8.66. The normalized spacial score (nSPS) is 11.1. The van der Waals surface area contributed by atoms with Crippen LogP contribution in [0.3, 0.4) is 0 Å². The summed E-state index contributed by atoms with van der Waals surface area (Å²) < 4.78 is 1.89. The van der Waals surface area contributed by atoms with Gasteiger partial charge in [0.2, 0.25) is 0 Å². The Bertz CT molecular complexity index is 899. The van der Waals surface area contributed by atoms with Crippen LogP contribution in [0.4, 0.5) is 0 Å². The maximum absolute atomic E-state index is 12.6. The molecule has 26 heavy (non-hydrogen) atoms. The second-order valence-corrected chi connectivity index (χ2v) is 6.75. The van der Waals surface area contributed by atoms with E-state index in [1.807, 2.05) is 38.4 Å². The Morgan fingerprint density at radius 3 is 2.54 bits per heavy atom. The highest BCUT2D eigenvalue weighted by Crippen LogP contribution is 2.12. The molecule has 3 rings (SSSR count). The number of aromatic amines is 2. The van der Waals surface area contributed by atoms with Gasteiger partial charge in [0.05, 0.1) is 23.6 Å². The van der Waals surface area contributed by atoms with Crippen LogP contribution in [0.25, 0.3) is 0 Å². The molecule has 0 aromatic carbocycles. The molecule has 0 saturated carbocycles. The number of rotatable bonds is 6. The second-order valence-electron chi connectivity index (χ2n) is 6.75. The Kier molecular flexibility index (Phi) is 4.92. The lowest BCUT2D eigenvalue weighted by Gasteiger charge is -2.15. The van der Waals surface area contributed by atoms with Crippen molar-refractivity contribution in [1.29, 1.82) is 0 Å². The Morgan fingerprint density at radius 2 is 1.92 bits per heavy atom. The molecule has 3 heterocycles. The summed E-state index contributed by atoms with van der Waals surface area (Å²) in [6.45, 7) is 9.12. The van der Waals surface area contributed by atoms with Crippen LogP contribution in [0.5, 0.6) is 0 Å².